The van der Waals surface area contributed by atoms with Gasteiger partial charge in [-0.3, -0.25) is 13.7 Å². The largest absolute Gasteiger partial charge is 0.456 e. The van der Waals surface area contributed by atoms with Gasteiger partial charge >= 0.3 is 0 Å². The number of hydrogen-bond donors (Lipinski definition) is 4. The molecule has 0 fully saturated rings. The molecule has 0 spiro atoms. The molecular weight excluding hydrogens is 607 g/mol. The molecule has 1 aliphatic rings. The van der Waals surface area contributed by atoms with Crippen LogP contribution in [0.15, 0.2) is 81.4 Å². The van der Waals surface area contributed by atoms with Gasteiger partial charge in [0.25, 0.3) is 30.4 Å². The van der Waals surface area contributed by atoms with E-state index in [0.29, 0.717) is 5.69 Å². The van der Waals surface area contributed by atoms with E-state index < -0.39 is 45.0 Å². The molecule has 0 aromatic heterocycles. The van der Waals surface area contributed by atoms with E-state index in [1.165, 1.54) is 30.3 Å². The van der Waals surface area contributed by atoms with E-state index in [4.69, 9.17) is 4.74 Å². The Bertz CT molecular complexity index is 2240. The van der Waals surface area contributed by atoms with E-state index in [1.807, 2.05) is 6.07 Å². The number of hydrogen-bond acceptors (Lipinski definition) is 8. The topological polar surface area (TPSA) is 184 Å². The lowest BCUT2D eigenvalue weighted by atomic mass is 9.92. The van der Waals surface area contributed by atoms with Crippen LogP contribution in [0, 0.1) is 13.8 Å². The second-order valence-corrected chi connectivity index (χ2v) is 13.8. The molecule has 14 heteroatoms. The number of rotatable bonds is 6. The van der Waals surface area contributed by atoms with Crippen LogP contribution in [0.25, 0.3) is 12.2 Å². The summed E-state index contributed by atoms with van der Waals surface area (Å²) in [5, 5.41) is 2.84. The smallest absolute Gasteiger partial charge is 0.296 e. The Morgan fingerprint density at radius 1 is 0.667 bits per heavy atom. The molecule has 11 nitrogen and oxygen atoms in total. The SMILES string of the molecule is C=c1cc2c(cc1S(=O)(=O)O)=C(c1ccccc1S(=O)(=O)O)c1cc(S(=O)(=O)O)c(Nc3c(C)cccc3C)cc1O2. The molecule has 0 bridgehead atoms. The molecule has 0 saturated carbocycles. The lowest BCUT2D eigenvalue weighted by Gasteiger charge is -2.25. The minimum atomic E-state index is -4.92. The Morgan fingerprint density at radius 2 is 1.26 bits per heavy atom. The first-order valence-electron chi connectivity index (χ1n) is 12.1. The van der Waals surface area contributed by atoms with Gasteiger partial charge in [0.05, 0.1) is 5.69 Å². The summed E-state index contributed by atoms with van der Waals surface area (Å²) >= 11 is 0. The van der Waals surface area contributed by atoms with Crippen molar-refractivity contribution in [3.8, 4) is 11.5 Å². The maximum Gasteiger partial charge on any atom is 0.296 e. The quantitative estimate of drug-likeness (QED) is 0.201. The minimum absolute atomic E-state index is 0.00216. The molecule has 218 valence electrons. The maximum absolute atomic E-state index is 12.7. The summed E-state index contributed by atoms with van der Waals surface area (Å²) < 4.78 is 110. The van der Waals surface area contributed by atoms with Gasteiger partial charge in [0.2, 0.25) is 0 Å². The van der Waals surface area contributed by atoms with Crippen LogP contribution in [0.2, 0.25) is 0 Å². The fourth-order valence-electron chi connectivity index (χ4n) is 4.87. The van der Waals surface area contributed by atoms with Crippen molar-refractivity contribution in [3.05, 3.63) is 99.4 Å². The highest BCUT2D eigenvalue weighted by Gasteiger charge is 2.30. The lowest BCUT2D eigenvalue weighted by molar-refractivity contribution is 0.466. The molecule has 1 aliphatic heterocycles. The van der Waals surface area contributed by atoms with Crippen LogP contribution in [0.3, 0.4) is 0 Å². The number of anilines is 2. The molecule has 5 rings (SSSR count). The van der Waals surface area contributed by atoms with Crippen LogP contribution in [0.5, 0.6) is 11.5 Å². The summed E-state index contributed by atoms with van der Waals surface area (Å²) in [5.74, 6) is 0.000419. The molecular formula is C28H23NO10S3. The molecule has 0 atom stereocenters. The summed E-state index contributed by atoms with van der Waals surface area (Å²) in [6, 6.07) is 15.2. The Balaban J connectivity index is 1.94. The maximum atomic E-state index is 12.7. The molecule has 0 unspecified atom stereocenters. The summed E-state index contributed by atoms with van der Waals surface area (Å²) in [6.07, 6.45) is 0. The van der Waals surface area contributed by atoms with Crippen molar-refractivity contribution in [1.29, 1.82) is 0 Å². The van der Waals surface area contributed by atoms with Crippen LogP contribution in [0.4, 0.5) is 11.4 Å². The molecule has 1 heterocycles. The standard InChI is InChI=1S/C28H23NO10S3/c1-15-7-6-8-16(2)28(15)29-21-14-23-20(13-26(21)42(36,37)38)27(18-9-4-5-10-24(18)40(30,31)32)19-12-25(41(33,34)35)17(3)11-22(19)39-23/h4-14,29H,3H2,1-2H3,(H,30,31,32)(H,33,34,35)(H,36,37,38). The number of nitrogens with one attached hydrogen (secondary N) is 1. The van der Waals surface area contributed by atoms with Crippen molar-refractivity contribution in [2.45, 2.75) is 28.5 Å². The third-order valence-electron chi connectivity index (χ3n) is 6.73. The van der Waals surface area contributed by atoms with Crippen molar-refractivity contribution in [1.82, 2.24) is 0 Å². The van der Waals surface area contributed by atoms with E-state index in [-0.39, 0.29) is 44.3 Å². The van der Waals surface area contributed by atoms with Crippen LogP contribution in [-0.4, -0.2) is 38.9 Å². The van der Waals surface area contributed by atoms with Gasteiger partial charge in [-0.2, -0.15) is 25.3 Å². The van der Waals surface area contributed by atoms with Gasteiger partial charge in [-0.05, 0) is 54.5 Å². The lowest BCUT2D eigenvalue weighted by Crippen LogP contribution is -2.25. The zero-order valence-corrected chi connectivity index (χ0v) is 24.4. The van der Waals surface area contributed by atoms with Crippen molar-refractivity contribution >= 4 is 53.9 Å². The summed E-state index contributed by atoms with van der Waals surface area (Å²) in [4.78, 5) is -1.78. The number of fused-ring (bicyclic) bond motifs is 2. The highest BCUT2D eigenvalue weighted by molar-refractivity contribution is 7.86. The number of aryl methyl sites for hydroxylation is 2. The second-order valence-electron chi connectivity index (χ2n) is 9.59. The molecule has 42 heavy (non-hydrogen) atoms. The summed E-state index contributed by atoms with van der Waals surface area (Å²) in [7, 11) is -14.6. The van der Waals surface area contributed by atoms with E-state index in [0.717, 1.165) is 29.3 Å². The van der Waals surface area contributed by atoms with Gasteiger partial charge in [-0.15, -0.1) is 0 Å². The van der Waals surface area contributed by atoms with Gasteiger partial charge in [-0.1, -0.05) is 43.0 Å². The summed E-state index contributed by atoms with van der Waals surface area (Å²) in [6.45, 7) is 7.26. The average molecular weight is 630 g/mol. The Morgan fingerprint density at radius 3 is 1.86 bits per heavy atom. The van der Waals surface area contributed by atoms with Crippen LogP contribution >= 0.6 is 0 Å². The van der Waals surface area contributed by atoms with E-state index >= 15 is 0 Å². The third-order valence-corrected chi connectivity index (χ3v) is 9.48. The monoisotopic (exact) mass is 629 g/mol. The first-order valence-corrected chi connectivity index (χ1v) is 16.4. The van der Waals surface area contributed by atoms with Gasteiger partial charge in [0.15, 0.2) is 0 Å². The first kappa shape index (κ1) is 29.4. The van der Waals surface area contributed by atoms with Crippen LogP contribution < -0.4 is 20.5 Å². The van der Waals surface area contributed by atoms with Crippen molar-refractivity contribution in [2.24, 2.45) is 0 Å². The highest BCUT2D eigenvalue weighted by atomic mass is 32.2. The Labute approximate surface area is 241 Å². The van der Waals surface area contributed by atoms with Crippen molar-refractivity contribution in [3.63, 3.8) is 0 Å². The number of para-hydroxylation sites is 1. The Hall–Kier alpha value is -4.05. The van der Waals surface area contributed by atoms with Gasteiger partial charge in [0, 0.05) is 33.7 Å². The van der Waals surface area contributed by atoms with E-state index in [9.17, 15) is 38.9 Å². The Kier molecular flexibility index (Phi) is 7.04. The minimum Gasteiger partial charge on any atom is -0.456 e. The predicted molar refractivity (Wildman–Crippen MR) is 154 cm³/mol. The number of ether oxygens (including phenoxy) is 1. The van der Waals surface area contributed by atoms with E-state index in [2.05, 4.69) is 11.9 Å². The van der Waals surface area contributed by atoms with Crippen LogP contribution in [0.1, 0.15) is 22.3 Å². The molecule has 4 aromatic rings. The van der Waals surface area contributed by atoms with E-state index in [1.54, 1.807) is 26.0 Å². The average Bonchev–Trinajstić information content (AvgIpc) is 2.87. The second kappa shape index (κ2) is 10.0. The van der Waals surface area contributed by atoms with Gasteiger partial charge in [0.1, 0.15) is 26.2 Å². The molecule has 4 N–H and O–H groups in total. The van der Waals surface area contributed by atoms with Crippen LogP contribution in [-0.2, 0) is 30.4 Å². The molecule has 0 radical (unpaired) electrons. The zero-order chi connectivity index (χ0) is 30.8. The van der Waals surface area contributed by atoms with Gasteiger partial charge < -0.3 is 10.1 Å². The third kappa shape index (κ3) is 5.31. The highest BCUT2D eigenvalue weighted by Crippen LogP contribution is 2.43. The van der Waals surface area contributed by atoms with Crippen molar-refractivity contribution in [2.75, 3.05) is 5.32 Å². The summed E-state index contributed by atoms with van der Waals surface area (Å²) in [5.41, 5.74) is 1.79. The first-order chi connectivity index (χ1) is 19.5. The molecule has 0 amide bonds. The molecule has 0 saturated heterocycles. The molecule has 0 aliphatic carbocycles. The van der Waals surface area contributed by atoms with Crippen molar-refractivity contribution < 1.29 is 43.6 Å². The predicted octanol–water partition coefficient (Wildman–Crippen LogP) is 3.55. The fourth-order valence-corrected chi connectivity index (χ4v) is 6.88. The van der Waals surface area contributed by atoms with Gasteiger partial charge in [-0.25, -0.2) is 0 Å². The number of benzene rings is 4. The fraction of sp³-hybridized carbons (Fsp3) is 0.0714. The molecule has 4 aromatic carbocycles. The normalized spacial score (nSPS) is 13.2. The zero-order valence-electron chi connectivity index (χ0n) is 22.0.